The van der Waals surface area contributed by atoms with Crippen molar-refractivity contribution in [2.75, 3.05) is 0 Å². The van der Waals surface area contributed by atoms with Crippen LogP contribution in [0, 0.1) is 6.92 Å². The van der Waals surface area contributed by atoms with Crippen molar-refractivity contribution in [2.24, 2.45) is 0 Å². The molecule has 0 radical (unpaired) electrons. The van der Waals surface area contributed by atoms with Crippen molar-refractivity contribution in [1.29, 1.82) is 0 Å². The van der Waals surface area contributed by atoms with Gasteiger partial charge in [-0.05, 0) is 19.1 Å². The molecule has 0 fully saturated rings. The van der Waals surface area contributed by atoms with E-state index < -0.39 is 0 Å². The van der Waals surface area contributed by atoms with Crippen molar-refractivity contribution < 1.29 is 0 Å². The monoisotopic (exact) mass is 230 g/mol. The predicted molar refractivity (Wildman–Crippen MR) is 68.4 cm³/mol. The highest BCUT2D eigenvalue weighted by molar-refractivity contribution is 5.47. The lowest BCUT2D eigenvalue weighted by atomic mass is 10.3. The molecule has 0 bridgehead atoms. The summed E-state index contributed by atoms with van der Waals surface area (Å²) in [6.07, 6.45) is 7.54. The number of aromatic nitrogens is 4. The largest absolute Gasteiger partial charge is 0.242 e. The van der Waals surface area contributed by atoms with Crippen LogP contribution >= 0.6 is 0 Å². The smallest absolute Gasteiger partial charge is 0.178 e. The molecule has 2 rings (SSSR count). The second kappa shape index (κ2) is 7.44. The second-order valence-electron chi connectivity index (χ2n) is 3.62. The Bertz CT molecular complexity index is 426. The van der Waals surface area contributed by atoms with Gasteiger partial charge in [-0.1, -0.05) is 26.7 Å². The Labute approximate surface area is 102 Å². The van der Waals surface area contributed by atoms with Gasteiger partial charge >= 0.3 is 0 Å². The molecule has 0 aliphatic carbocycles. The van der Waals surface area contributed by atoms with Gasteiger partial charge in [0, 0.05) is 18.1 Å². The molecule has 4 nitrogen and oxygen atoms in total. The lowest BCUT2D eigenvalue weighted by Crippen LogP contribution is -1.92. The van der Waals surface area contributed by atoms with Gasteiger partial charge < -0.3 is 0 Å². The first-order valence-corrected chi connectivity index (χ1v) is 5.84. The lowest BCUT2D eigenvalue weighted by molar-refractivity contribution is 0.886. The van der Waals surface area contributed by atoms with Crippen LogP contribution in [-0.2, 0) is 0 Å². The van der Waals surface area contributed by atoms with Crippen LogP contribution in [-0.4, -0.2) is 19.9 Å². The normalized spacial score (nSPS) is 9.35. The molecule has 4 heteroatoms. The molecule has 0 N–H and O–H groups in total. The topological polar surface area (TPSA) is 51.6 Å². The van der Waals surface area contributed by atoms with E-state index in [4.69, 9.17) is 0 Å². The summed E-state index contributed by atoms with van der Waals surface area (Å²) >= 11 is 0. The van der Waals surface area contributed by atoms with Crippen molar-refractivity contribution in [3.05, 3.63) is 36.5 Å². The minimum atomic E-state index is 0.632. The average molecular weight is 230 g/mol. The summed E-state index contributed by atoms with van der Waals surface area (Å²) in [6.45, 7) is 6.27. The second-order valence-corrected chi connectivity index (χ2v) is 3.62. The Morgan fingerprint density at radius 2 is 1.59 bits per heavy atom. The minimum Gasteiger partial charge on any atom is -0.242 e. The van der Waals surface area contributed by atoms with Crippen molar-refractivity contribution >= 4 is 0 Å². The minimum absolute atomic E-state index is 0.632. The molecule has 0 aliphatic heterocycles. The maximum absolute atomic E-state index is 4.09. The SMILES string of the molecule is CCCC.Cc1cc(-c2ncccn2)ncn1. The van der Waals surface area contributed by atoms with Gasteiger partial charge in [0.25, 0.3) is 0 Å². The first-order chi connectivity index (χ1) is 8.27. The molecule has 2 heterocycles. The number of unbranched alkanes of at least 4 members (excludes halogenated alkanes) is 1. The van der Waals surface area contributed by atoms with E-state index in [1.54, 1.807) is 18.5 Å². The van der Waals surface area contributed by atoms with Crippen LogP contribution < -0.4 is 0 Å². The van der Waals surface area contributed by atoms with E-state index in [9.17, 15) is 0 Å². The fourth-order valence-corrected chi connectivity index (χ4v) is 1.01. The maximum Gasteiger partial charge on any atom is 0.178 e. The molecular weight excluding hydrogens is 212 g/mol. The van der Waals surface area contributed by atoms with Gasteiger partial charge in [-0.3, -0.25) is 0 Å². The zero-order valence-electron chi connectivity index (χ0n) is 10.6. The van der Waals surface area contributed by atoms with Crippen molar-refractivity contribution in [1.82, 2.24) is 19.9 Å². The highest BCUT2D eigenvalue weighted by Crippen LogP contribution is 2.09. The summed E-state index contributed by atoms with van der Waals surface area (Å²) < 4.78 is 0. The Balaban J connectivity index is 0.000000317. The first kappa shape index (κ1) is 13.2. The van der Waals surface area contributed by atoms with E-state index in [2.05, 4.69) is 33.8 Å². The van der Waals surface area contributed by atoms with E-state index >= 15 is 0 Å². The molecule has 0 saturated carbocycles. The number of rotatable bonds is 2. The van der Waals surface area contributed by atoms with Gasteiger partial charge in [0.05, 0.1) is 0 Å². The Morgan fingerprint density at radius 1 is 0.941 bits per heavy atom. The maximum atomic E-state index is 4.09. The third kappa shape index (κ3) is 4.68. The van der Waals surface area contributed by atoms with E-state index in [0.717, 1.165) is 11.4 Å². The van der Waals surface area contributed by atoms with E-state index in [-0.39, 0.29) is 0 Å². The quantitative estimate of drug-likeness (QED) is 0.795. The standard InChI is InChI=1S/C9H8N4.C4H10/c1-7-5-8(13-6-12-7)9-10-3-2-4-11-9;1-3-4-2/h2-6H,1H3;3-4H2,1-2H3. The Morgan fingerprint density at radius 3 is 2.12 bits per heavy atom. The van der Waals surface area contributed by atoms with Gasteiger partial charge in [0.1, 0.15) is 12.0 Å². The molecule has 0 aromatic carbocycles. The molecule has 17 heavy (non-hydrogen) atoms. The molecule has 0 amide bonds. The van der Waals surface area contributed by atoms with Crippen LogP contribution in [0.2, 0.25) is 0 Å². The third-order valence-corrected chi connectivity index (χ3v) is 2.10. The van der Waals surface area contributed by atoms with Crippen molar-refractivity contribution in [2.45, 2.75) is 33.6 Å². The lowest BCUT2D eigenvalue weighted by Gasteiger charge is -1.97. The van der Waals surface area contributed by atoms with Crippen LogP contribution in [0.5, 0.6) is 0 Å². The zero-order chi connectivity index (χ0) is 12.5. The zero-order valence-corrected chi connectivity index (χ0v) is 10.6. The highest BCUT2D eigenvalue weighted by atomic mass is 14.9. The van der Waals surface area contributed by atoms with Crippen LogP contribution in [0.25, 0.3) is 11.5 Å². The van der Waals surface area contributed by atoms with E-state index in [1.165, 1.54) is 19.2 Å². The van der Waals surface area contributed by atoms with Gasteiger partial charge in [-0.25, -0.2) is 19.9 Å². The van der Waals surface area contributed by atoms with Crippen LogP contribution in [0.15, 0.2) is 30.9 Å². The molecule has 2 aromatic rings. The molecule has 0 spiro atoms. The summed E-state index contributed by atoms with van der Waals surface area (Å²) in [5.41, 5.74) is 1.67. The van der Waals surface area contributed by atoms with E-state index in [0.29, 0.717) is 5.82 Å². The van der Waals surface area contributed by atoms with Crippen molar-refractivity contribution in [3.8, 4) is 11.5 Å². The van der Waals surface area contributed by atoms with Crippen molar-refractivity contribution in [3.63, 3.8) is 0 Å². The Kier molecular flexibility index (Phi) is 5.79. The number of nitrogens with zero attached hydrogens (tertiary/aromatic N) is 4. The van der Waals surface area contributed by atoms with Gasteiger partial charge in [0.2, 0.25) is 0 Å². The molecule has 90 valence electrons. The molecule has 0 atom stereocenters. The molecule has 0 saturated heterocycles. The predicted octanol–water partition coefficient (Wildman–Crippen LogP) is 3.05. The van der Waals surface area contributed by atoms with Gasteiger partial charge in [0.15, 0.2) is 5.82 Å². The summed E-state index contributed by atoms with van der Waals surface area (Å²) in [5, 5.41) is 0. The number of aryl methyl sites for hydroxylation is 1. The summed E-state index contributed by atoms with van der Waals surface area (Å²) in [4.78, 5) is 16.2. The summed E-state index contributed by atoms with van der Waals surface area (Å²) in [6, 6.07) is 3.63. The fraction of sp³-hybridized carbons (Fsp3) is 0.385. The third-order valence-electron chi connectivity index (χ3n) is 2.10. The fourth-order valence-electron chi connectivity index (χ4n) is 1.01. The molecule has 2 aromatic heterocycles. The summed E-state index contributed by atoms with van der Waals surface area (Å²) in [5.74, 6) is 0.632. The van der Waals surface area contributed by atoms with Crippen LogP contribution in [0.4, 0.5) is 0 Å². The average Bonchev–Trinajstić information content (AvgIpc) is 2.40. The number of hydrogen-bond donors (Lipinski definition) is 0. The van der Waals surface area contributed by atoms with E-state index in [1.807, 2.05) is 13.0 Å². The first-order valence-electron chi connectivity index (χ1n) is 5.84. The number of hydrogen-bond acceptors (Lipinski definition) is 4. The molecule has 0 aliphatic rings. The molecular formula is C13H18N4. The van der Waals surface area contributed by atoms with Crippen LogP contribution in [0.1, 0.15) is 32.4 Å². The summed E-state index contributed by atoms with van der Waals surface area (Å²) in [7, 11) is 0. The highest BCUT2D eigenvalue weighted by Gasteiger charge is 2.00. The molecule has 0 unspecified atom stereocenters. The Hall–Kier alpha value is -1.84. The van der Waals surface area contributed by atoms with Crippen LogP contribution in [0.3, 0.4) is 0 Å². The van der Waals surface area contributed by atoms with Gasteiger partial charge in [-0.15, -0.1) is 0 Å². The van der Waals surface area contributed by atoms with Gasteiger partial charge in [-0.2, -0.15) is 0 Å².